The maximum absolute atomic E-state index is 14.9. The van der Waals surface area contributed by atoms with Crippen LogP contribution in [0.2, 0.25) is 0 Å². The van der Waals surface area contributed by atoms with Gasteiger partial charge >= 0.3 is 24.0 Å². The van der Waals surface area contributed by atoms with Crippen molar-refractivity contribution in [2.24, 2.45) is 17.8 Å². The molecule has 1 heterocycles. The molecule has 2 aromatic carbocycles. The molecule has 2 aromatic rings. The lowest BCUT2D eigenvalue weighted by molar-refractivity contribution is -0.348. The number of benzene rings is 2. The summed E-state index contributed by atoms with van der Waals surface area (Å²) in [6.07, 6.45) is -13.4. The van der Waals surface area contributed by atoms with E-state index in [1.807, 2.05) is 0 Å². The van der Waals surface area contributed by atoms with Crippen LogP contribution in [0.15, 0.2) is 47.4 Å². The number of likely N-dealkylation sites (tertiary alicyclic amines) is 1. The first-order valence-electron chi connectivity index (χ1n) is 12.8. The molecule has 0 bridgehead atoms. The summed E-state index contributed by atoms with van der Waals surface area (Å²) < 4.78 is 136. The normalized spacial score (nSPS) is 25.0. The van der Waals surface area contributed by atoms with Crippen LogP contribution in [0.25, 0.3) is 0 Å². The lowest BCUT2D eigenvalue weighted by Gasteiger charge is -2.44. The van der Waals surface area contributed by atoms with E-state index in [0.29, 0.717) is 6.07 Å². The highest BCUT2D eigenvalue weighted by Gasteiger charge is 2.74. The van der Waals surface area contributed by atoms with E-state index >= 15 is 0 Å². The minimum Gasteiger partial charge on any atom is -0.481 e. The van der Waals surface area contributed by atoms with Crippen molar-refractivity contribution < 1.29 is 58.2 Å². The Morgan fingerprint density at radius 1 is 0.905 bits per heavy atom. The molecular formula is C27H23F8NO5S. The molecule has 1 amide bonds. The Labute approximate surface area is 234 Å². The molecule has 6 nitrogen and oxygen atoms in total. The summed E-state index contributed by atoms with van der Waals surface area (Å²) in [6.45, 7) is -0.189. The number of carboxylic acid groups (broad SMARTS) is 1. The van der Waals surface area contributed by atoms with Crippen molar-refractivity contribution in [1.29, 1.82) is 0 Å². The molecule has 2 aliphatic carbocycles. The van der Waals surface area contributed by atoms with E-state index in [1.54, 1.807) is 0 Å². The molecule has 0 aromatic heterocycles. The molecule has 1 aliphatic heterocycles. The van der Waals surface area contributed by atoms with Gasteiger partial charge in [-0.3, -0.25) is 9.59 Å². The van der Waals surface area contributed by atoms with Crippen molar-refractivity contribution in [2.45, 2.75) is 53.3 Å². The number of carbonyl (C=O) groups excluding carboxylic acids is 1. The maximum atomic E-state index is 14.9. The first kappa shape index (κ1) is 30.2. The third-order valence-electron chi connectivity index (χ3n) is 8.84. The average Bonchev–Trinajstić information content (AvgIpc) is 3.27. The first-order chi connectivity index (χ1) is 19.4. The van der Waals surface area contributed by atoms with Gasteiger partial charge in [-0.05, 0) is 67.0 Å². The summed E-state index contributed by atoms with van der Waals surface area (Å²) in [6, 6.07) is 5.10. The molecule has 1 saturated carbocycles. The van der Waals surface area contributed by atoms with Gasteiger partial charge in [0.05, 0.1) is 10.8 Å². The van der Waals surface area contributed by atoms with Gasteiger partial charge in [-0.25, -0.2) is 17.2 Å². The topological polar surface area (TPSA) is 91.8 Å². The van der Waals surface area contributed by atoms with E-state index in [1.165, 1.54) is 4.90 Å². The van der Waals surface area contributed by atoms with Crippen molar-refractivity contribution in [2.75, 3.05) is 13.1 Å². The highest BCUT2D eigenvalue weighted by atomic mass is 32.2. The van der Waals surface area contributed by atoms with Crippen molar-refractivity contribution in [1.82, 2.24) is 4.90 Å². The predicted octanol–water partition coefficient (Wildman–Crippen LogP) is 5.30. The summed E-state index contributed by atoms with van der Waals surface area (Å²) in [7, 11) is -4.57. The Bertz CT molecular complexity index is 1520. The van der Waals surface area contributed by atoms with Crippen LogP contribution in [0.3, 0.4) is 0 Å². The summed E-state index contributed by atoms with van der Waals surface area (Å²) in [5.74, 6) is -5.12. The van der Waals surface area contributed by atoms with Gasteiger partial charge < -0.3 is 10.0 Å². The number of halogens is 8. The monoisotopic (exact) mass is 625 g/mol. The Kier molecular flexibility index (Phi) is 6.94. The molecule has 228 valence electrons. The number of fused-ring (bicyclic) bond motifs is 3. The summed E-state index contributed by atoms with van der Waals surface area (Å²) in [5.41, 5.74) is -7.87. The first-order valence-corrected chi connectivity index (χ1v) is 14.3. The second-order valence-corrected chi connectivity index (χ2v) is 13.1. The van der Waals surface area contributed by atoms with Crippen molar-refractivity contribution in [3.8, 4) is 0 Å². The Morgan fingerprint density at radius 2 is 1.50 bits per heavy atom. The van der Waals surface area contributed by atoms with Crippen molar-refractivity contribution >= 4 is 21.7 Å². The molecule has 2 fully saturated rings. The number of sulfone groups is 1. The third-order valence-corrected chi connectivity index (χ3v) is 11.4. The number of aryl methyl sites for hydroxylation is 1. The predicted molar refractivity (Wildman–Crippen MR) is 129 cm³/mol. The summed E-state index contributed by atoms with van der Waals surface area (Å²) in [4.78, 5) is 25.5. The van der Waals surface area contributed by atoms with Gasteiger partial charge in [-0.2, -0.15) is 26.3 Å². The zero-order valence-corrected chi connectivity index (χ0v) is 22.3. The highest BCUT2D eigenvalue weighted by Crippen LogP contribution is 2.61. The number of hydrogen-bond acceptors (Lipinski definition) is 4. The van der Waals surface area contributed by atoms with Gasteiger partial charge in [0.15, 0.2) is 9.84 Å². The maximum Gasteiger partial charge on any atom is 0.435 e. The largest absolute Gasteiger partial charge is 0.481 e. The van der Waals surface area contributed by atoms with Gasteiger partial charge in [0.25, 0.3) is 0 Å². The molecule has 1 N–H and O–H groups in total. The second kappa shape index (κ2) is 9.64. The molecule has 5 rings (SSSR count). The highest BCUT2D eigenvalue weighted by molar-refractivity contribution is 7.92. The number of carboxylic acids is 1. The minimum absolute atomic E-state index is 0.0303. The van der Waals surface area contributed by atoms with Crippen LogP contribution < -0.4 is 0 Å². The SMILES string of the molecule is O=C(O)C1CN(C(=O)[C@@H]2CC[C@@]3(S(=O)(=O)c4ccc(F)cc4)c4ccc(C(F)(C(F)(F)F)C(F)(F)F)cc4CC[C@@H]23)C1. The standard InChI is InChI=1S/C27H23F8NO5S/c28-17-3-5-18(6-4-17)42(40,41)24-10-9-19(22(37)36-12-15(13-36)23(38)39)21(24)7-1-14-11-16(2-8-20(14)24)25(29,26(30,31)32)27(33,34)35/h2-6,8,11,15,19,21H,1,7,9-10,12-13H2,(H,38,39)/t19-,21+,24-/m1/s1. The Morgan fingerprint density at radius 3 is 2.05 bits per heavy atom. The Hall–Kier alpha value is -3.23. The fourth-order valence-corrected chi connectivity index (χ4v) is 9.20. The van der Waals surface area contributed by atoms with Crippen molar-refractivity contribution in [3.05, 3.63) is 65.0 Å². The number of nitrogens with zero attached hydrogens (tertiary/aromatic N) is 1. The summed E-state index contributed by atoms with van der Waals surface area (Å²) >= 11 is 0. The van der Waals surface area contributed by atoms with Crippen LogP contribution in [0.1, 0.15) is 36.0 Å². The van der Waals surface area contributed by atoms with E-state index in [4.69, 9.17) is 5.11 Å². The number of carbonyl (C=O) groups is 2. The Balaban J connectivity index is 1.64. The molecule has 0 radical (unpaired) electrons. The van der Waals surface area contributed by atoms with Gasteiger partial charge in [-0.1, -0.05) is 18.2 Å². The van der Waals surface area contributed by atoms with E-state index in [0.717, 1.165) is 30.3 Å². The quantitative estimate of drug-likeness (QED) is 0.360. The lowest BCUT2D eigenvalue weighted by Crippen LogP contribution is -2.56. The van der Waals surface area contributed by atoms with E-state index in [9.17, 15) is 53.1 Å². The molecule has 3 atom stereocenters. The fraction of sp³-hybridized carbons (Fsp3) is 0.481. The summed E-state index contributed by atoms with van der Waals surface area (Å²) in [5, 5.41) is 9.16. The van der Waals surface area contributed by atoms with E-state index < -0.39 is 73.6 Å². The smallest absolute Gasteiger partial charge is 0.435 e. The lowest BCUT2D eigenvalue weighted by atomic mass is 9.72. The van der Waals surface area contributed by atoms with E-state index in [-0.39, 0.29) is 60.9 Å². The number of amides is 1. The molecule has 1 saturated heterocycles. The van der Waals surface area contributed by atoms with Gasteiger partial charge in [0.2, 0.25) is 5.91 Å². The van der Waals surface area contributed by atoms with Crippen LogP contribution in [-0.2, 0) is 36.3 Å². The number of alkyl halides is 7. The molecule has 15 heteroatoms. The van der Waals surface area contributed by atoms with Crippen LogP contribution in [-0.4, -0.2) is 55.7 Å². The van der Waals surface area contributed by atoms with Crippen molar-refractivity contribution in [3.63, 3.8) is 0 Å². The van der Waals surface area contributed by atoms with Gasteiger partial charge in [0, 0.05) is 24.6 Å². The number of rotatable bonds is 5. The van der Waals surface area contributed by atoms with Gasteiger partial charge in [-0.15, -0.1) is 0 Å². The van der Waals surface area contributed by atoms with Crippen LogP contribution in [0, 0.1) is 23.6 Å². The zero-order chi connectivity index (χ0) is 31.0. The fourth-order valence-electron chi connectivity index (χ4n) is 6.72. The van der Waals surface area contributed by atoms with Crippen LogP contribution >= 0.6 is 0 Å². The molecule has 0 unspecified atom stereocenters. The molecular weight excluding hydrogens is 602 g/mol. The van der Waals surface area contributed by atoms with Crippen LogP contribution in [0.4, 0.5) is 35.1 Å². The zero-order valence-electron chi connectivity index (χ0n) is 21.5. The van der Waals surface area contributed by atoms with E-state index in [2.05, 4.69) is 0 Å². The molecule has 3 aliphatic rings. The number of hydrogen-bond donors (Lipinski definition) is 1. The van der Waals surface area contributed by atoms with Gasteiger partial charge in [0.1, 0.15) is 10.6 Å². The minimum atomic E-state index is -6.37. The second-order valence-electron chi connectivity index (χ2n) is 10.9. The molecule has 0 spiro atoms. The van der Waals surface area contributed by atoms with Crippen LogP contribution in [0.5, 0.6) is 0 Å². The third kappa shape index (κ3) is 4.21. The number of aliphatic carboxylic acids is 1. The average molecular weight is 626 g/mol. The molecule has 42 heavy (non-hydrogen) atoms.